The molecule has 0 N–H and O–H groups in total. The number of rotatable bonds is 5. The van der Waals surface area contributed by atoms with Crippen molar-refractivity contribution in [3.05, 3.63) is 28.8 Å². The average molecular weight is 343 g/mol. The predicted molar refractivity (Wildman–Crippen MR) is 75.3 cm³/mol. The van der Waals surface area contributed by atoms with Gasteiger partial charge in [0, 0.05) is 5.69 Å². The smallest absolute Gasteiger partial charge is 0.435 e. The molecule has 2 heterocycles. The number of ether oxygens (including phenoxy) is 1. The van der Waals surface area contributed by atoms with E-state index in [-0.39, 0.29) is 19.2 Å². The van der Waals surface area contributed by atoms with Crippen LogP contribution in [0.25, 0.3) is 0 Å². The highest BCUT2D eigenvalue weighted by Gasteiger charge is 2.45. The van der Waals surface area contributed by atoms with Gasteiger partial charge in [-0.2, -0.15) is 18.3 Å². The third-order valence-corrected chi connectivity index (χ3v) is 3.69. The third-order valence-electron chi connectivity index (χ3n) is 3.69. The minimum absolute atomic E-state index is 0.103. The second-order valence-electron chi connectivity index (χ2n) is 5.75. The van der Waals surface area contributed by atoms with Crippen LogP contribution in [0.15, 0.2) is 6.07 Å². The molecule has 0 saturated heterocycles. The molecule has 0 radical (unpaired) electrons. The van der Waals surface area contributed by atoms with Crippen molar-refractivity contribution < 1.29 is 22.7 Å². The van der Waals surface area contributed by atoms with E-state index in [0.29, 0.717) is 12.8 Å². The van der Waals surface area contributed by atoms with Crippen LogP contribution in [0.2, 0.25) is 0 Å². The maximum atomic E-state index is 13.2. The first kappa shape index (κ1) is 16.5. The van der Waals surface area contributed by atoms with Gasteiger partial charge >= 0.3 is 12.1 Å². The van der Waals surface area contributed by atoms with E-state index in [2.05, 4.69) is 15.4 Å². The molecule has 0 bridgehead atoms. The van der Waals surface area contributed by atoms with E-state index >= 15 is 0 Å². The number of aryl methyl sites for hydroxylation is 2. The molecule has 1 fully saturated rings. The molecule has 1 aliphatic rings. The minimum Gasteiger partial charge on any atom is -0.459 e. The maximum Gasteiger partial charge on any atom is 0.435 e. The molecule has 3 rings (SSSR count). The molecule has 0 atom stereocenters. The lowest BCUT2D eigenvalue weighted by Gasteiger charge is -2.10. The van der Waals surface area contributed by atoms with Crippen LogP contribution < -0.4 is 0 Å². The summed E-state index contributed by atoms with van der Waals surface area (Å²) in [4.78, 5) is 12.0. The molecular formula is C14H16F3N5O2. The molecule has 2 aromatic rings. The minimum atomic E-state index is -4.71. The number of esters is 1. The van der Waals surface area contributed by atoms with Crippen molar-refractivity contribution in [1.29, 1.82) is 0 Å². The van der Waals surface area contributed by atoms with Crippen molar-refractivity contribution in [3.63, 3.8) is 0 Å². The highest BCUT2D eigenvalue weighted by molar-refractivity contribution is 5.88. The summed E-state index contributed by atoms with van der Waals surface area (Å²) in [5.41, 5.74) is -0.242. The summed E-state index contributed by atoms with van der Waals surface area (Å²) in [5, 5.41) is 11.1. The Kier molecular flexibility index (Phi) is 4.06. The van der Waals surface area contributed by atoms with Crippen LogP contribution >= 0.6 is 0 Å². The Morgan fingerprint density at radius 2 is 2.08 bits per heavy atom. The van der Waals surface area contributed by atoms with Gasteiger partial charge < -0.3 is 4.74 Å². The Morgan fingerprint density at radius 3 is 2.62 bits per heavy atom. The number of nitrogens with zero attached hydrogens (tertiary/aromatic N) is 5. The van der Waals surface area contributed by atoms with E-state index in [0.717, 1.165) is 16.1 Å². The molecule has 1 aliphatic carbocycles. The molecule has 0 aromatic carbocycles. The number of hydrogen-bond acceptors (Lipinski definition) is 5. The fourth-order valence-electron chi connectivity index (χ4n) is 2.46. The molecule has 7 nitrogen and oxygen atoms in total. The van der Waals surface area contributed by atoms with Gasteiger partial charge in [0.2, 0.25) is 5.69 Å². The zero-order chi connectivity index (χ0) is 17.5. The molecule has 1 saturated carbocycles. The highest BCUT2D eigenvalue weighted by atomic mass is 19.4. The van der Waals surface area contributed by atoms with Crippen LogP contribution in [0.4, 0.5) is 13.2 Å². The van der Waals surface area contributed by atoms with Gasteiger partial charge in [0.05, 0.1) is 18.3 Å². The zero-order valence-electron chi connectivity index (χ0n) is 13.2. The number of hydrogen-bond donors (Lipinski definition) is 0. The molecule has 0 amide bonds. The number of carbonyl (C=O) groups excluding carboxylic acids is 1. The third kappa shape index (κ3) is 3.26. The number of aromatic nitrogens is 5. The van der Waals surface area contributed by atoms with E-state index in [1.807, 2.05) is 19.9 Å². The van der Waals surface area contributed by atoms with Crippen molar-refractivity contribution >= 4 is 5.97 Å². The second kappa shape index (κ2) is 5.91. The largest absolute Gasteiger partial charge is 0.459 e. The summed E-state index contributed by atoms with van der Waals surface area (Å²) in [7, 11) is 0. The number of halogens is 3. The summed E-state index contributed by atoms with van der Waals surface area (Å²) in [6.45, 7) is 3.81. The molecule has 130 valence electrons. The summed E-state index contributed by atoms with van der Waals surface area (Å²) in [6.07, 6.45) is -3.52. The first-order valence-corrected chi connectivity index (χ1v) is 7.48. The quantitative estimate of drug-likeness (QED) is 0.779. The molecule has 0 unspecified atom stereocenters. The monoisotopic (exact) mass is 343 g/mol. The Labute approximate surface area is 135 Å². The zero-order valence-corrected chi connectivity index (χ0v) is 13.2. The maximum absolute atomic E-state index is 13.2. The summed E-state index contributed by atoms with van der Waals surface area (Å²) in [5.74, 6) is -1.13. The lowest BCUT2D eigenvalue weighted by Crippen LogP contribution is -2.20. The molecule has 2 aromatic heterocycles. The van der Waals surface area contributed by atoms with Crippen molar-refractivity contribution in [2.75, 3.05) is 6.61 Å². The van der Waals surface area contributed by atoms with Crippen molar-refractivity contribution in [1.82, 2.24) is 24.8 Å². The van der Waals surface area contributed by atoms with Gasteiger partial charge in [-0.3, -0.25) is 4.68 Å². The van der Waals surface area contributed by atoms with E-state index in [4.69, 9.17) is 4.74 Å². The van der Waals surface area contributed by atoms with E-state index < -0.39 is 23.5 Å². The van der Waals surface area contributed by atoms with Crippen LogP contribution in [-0.4, -0.2) is 37.4 Å². The average Bonchev–Trinajstić information content (AvgIpc) is 3.13. The van der Waals surface area contributed by atoms with Crippen molar-refractivity contribution in [2.45, 2.75) is 45.5 Å². The lowest BCUT2D eigenvalue weighted by molar-refractivity contribution is -0.144. The van der Waals surface area contributed by atoms with E-state index in [1.165, 1.54) is 0 Å². The molecule has 10 heteroatoms. The fourth-order valence-corrected chi connectivity index (χ4v) is 2.46. The van der Waals surface area contributed by atoms with Crippen molar-refractivity contribution in [2.24, 2.45) is 0 Å². The van der Waals surface area contributed by atoms with Gasteiger partial charge in [0.25, 0.3) is 0 Å². The van der Waals surface area contributed by atoms with Crippen LogP contribution in [-0.2, 0) is 17.5 Å². The summed E-state index contributed by atoms with van der Waals surface area (Å²) in [6, 6.07) is 1.51. The van der Waals surface area contributed by atoms with Crippen LogP contribution in [0.3, 0.4) is 0 Å². The lowest BCUT2D eigenvalue weighted by atomic mass is 10.3. The van der Waals surface area contributed by atoms with Crippen LogP contribution in [0, 0.1) is 13.8 Å². The Hall–Kier alpha value is -2.39. The fraction of sp³-hybridized carbons (Fsp3) is 0.571. The molecule has 0 spiro atoms. The summed E-state index contributed by atoms with van der Waals surface area (Å²) >= 11 is 0. The van der Waals surface area contributed by atoms with Gasteiger partial charge in [0.15, 0.2) is 5.69 Å². The molecular weight excluding hydrogens is 327 g/mol. The van der Waals surface area contributed by atoms with Gasteiger partial charge in [0.1, 0.15) is 6.61 Å². The second-order valence-corrected chi connectivity index (χ2v) is 5.75. The molecule has 24 heavy (non-hydrogen) atoms. The summed E-state index contributed by atoms with van der Waals surface area (Å²) < 4.78 is 47.0. The normalized spacial score (nSPS) is 14.9. The van der Waals surface area contributed by atoms with E-state index in [1.54, 1.807) is 4.68 Å². The van der Waals surface area contributed by atoms with Gasteiger partial charge in [-0.25, -0.2) is 9.48 Å². The Morgan fingerprint density at radius 1 is 1.38 bits per heavy atom. The van der Waals surface area contributed by atoms with Crippen LogP contribution in [0.1, 0.15) is 46.5 Å². The topological polar surface area (TPSA) is 74.8 Å². The standard InChI is InChI=1S/C14H16F3N5O2/c1-8-7-9(2)21(19-8)5-6-24-13(23)11-12(14(15,16)17)22(20-18-11)10-3-4-10/h7,10H,3-6H2,1-2H3. The Bertz CT molecular complexity index is 761. The SMILES string of the molecule is Cc1cc(C)n(CCOC(=O)c2nnn(C3CC3)c2C(F)(F)F)n1. The van der Waals surface area contributed by atoms with Crippen molar-refractivity contribution in [3.8, 4) is 0 Å². The van der Waals surface area contributed by atoms with Gasteiger partial charge in [-0.05, 0) is 32.8 Å². The first-order valence-electron chi connectivity index (χ1n) is 7.48. The number of alkyl halides is 3. The number of carbonyl (C=O) groups is 1. The predicted octanol–water partition coefficient (Wildman–Crippen LogP) is 2.30. The van der Waals surface area contributed by atoms with E-state index in [9.17, 15) is 18.0 Å². The first-order chi connectivity index (χ1) is 11.3. The van der Waals surface area contributed by atoms with Gasteiger partial charge in [-0.15, -0.1) is 5.10 Å². The Balaban J connectivity index is 1.70. The highest BCUT2D eigenvalue weighted by Crippen LogP contribution is 2.40. The molecule has 0 aliphatic heterocycles. The van der Waals surface area contributed by atoms with Gasteiger partial charge in [-0.1, -0.05) is 5.21 Å². The van der Waals surface area contributed by atoms with Crippen LogP contribution in [0.5, 0.6) is 0 Å².